The number of nitrogens with one attached hydrogen (secondary N) is 3. The Hall–Kier alpha value is -3.49. The molecule has 0 spiro atoms. The minimum absolute atomic E-state index is 0.253. The van der Waals surface area contributed by atoms with Gasteiger partial charge in [0.25, 0.3) is 0 Å². The molecule has 2 amide bonds. The lowest BCUT2D eigenvalue weighted by Crippen LogP contribution is -2.20. The Kier molecular flexibility index (Phi) is 5.11. The van der Waals surface area contributed by atoms with Gasteiger partial charge in [-0.25, -0.2) is 4.79 Å². The number of benzene rings is 2. The molecule has 6 nitrogen and oxygen atoms in total. The highest BCUT2D eigenvalue weighted by atomic mass is 19.4. The summed E-state index contributed by atoms with van der Waals surface area (Å²) >= 11 is 0. The maximum Gasteiger partial charge on any atom is 0.416 e. The minimum atomic E-state index is -4.43. The van der Waals surface area contributed by atoms with Gasteiger partial charge in [-0.1, -0.05) is 0 Å². The molecule has 0 radical (unpaired) electrons. The van der Waals surface area contributed by atoms with Crippen molar-refractivity contribution in [1.82, 2.24) is 10.2 Å². The number of H-pyrrole nitrogens is 1. The van der Waals surface area contributed by atoms with Crippen molar-refractivity contribution in [2.75, 3.05) is 17.7 Å². The van der Waals surface area contributed by atoms with Crippen LogP contribution >= 0.6 is 0 Å². The monoisotopic (exact) mass is 416 g/mol. The average molecular weight is 416 g/mol. The second kappa shape index (κ2) is 7.74. The van der Waals surface area contributed by atoms with Crippen LogP contribution in [0.1, 0.15) is 30.0 Å². The van der Waals surface area contributed by atoms with Gasteiger partial charge in [0, 0.05) is 17.2 Å². The number of carbonyl (C=O) groups is 1. The molecule has 3 aromatic rings. The number of anilines is 2. The van der Waals surface area contributed by atoms with Crippen molar-refractivity contribution in [2.24, 2.45) is 0 Å². The first-order chi connectivity index (χ1) is 14.3. The highest BCUT2D eigenvalue weighted by Crippen LogP contribution is 2.45. The van der Waals surface area contributed by atoms with Crippen molar-refractivity contribution < 1.29 is 22.7 Å². The topological polar surface area (TPSA) is 79.0 Å². The Bertz CT molecular complexity index is 1040. The van der Waals surface area contributed by atoms with Gasteiger partial charge < -0.3 is 15.4 Å². The lowest BCUT2D eigenvalue weighted by Gasteiger charge is -2.11. The number of aromatic amines is 1. The molecule has 30 heavy (non-hydrogen) atoms. The fraction of sp³-hybridized carbons (Fsp3) is 0.238. The Morgan fingerprint density at radius 2 is 1.73 bits per heavy atom. The van der Waals surface area contributed by atoms with Crippen molar-refractivity contribution in [3.8, 4) is 17.0 Å². The van der Waals surface area contributed by atoms with Gasteiger partial charge in [-0.2, -0.15) is 18.3 Å². The van der Waals surface area contributed by atoms with Gasteiger partial charge in [0.1, 0.15) is 11.4 Å². The number of methoxy groups -OCH3 is 1. The van der Waals surface area contributed by atoms with E-state index in [2.05, 4.69) is 20.8 Å². The van der Waals surface area contributed by atoms with Crippen LogP contribution < -0.4 is 15.4 Å². The van der Waals surface area contributed by atoms with Crippen LogP contribution in [0.2, 0.25) is 0 Å². The molecule has 9 heteroatoms. The second-order valence-electron chi connectivity index (χ2n) is 7.02. The number of ether oxygens (including phenoxy) is 1. The first-order valence-electron chi connectivity index (χ1n) is 9.33. The number of carbonyl (C=O) groups excluding carboxylic acids is 1. The Morgan fingerprint density at radius 3 is 2.30 bits per heavy atom. The lowest BCUT2D eigenvalue weighted by molar-refractivity contribution is -0.137. The van der Waals surface area contributed by atoms with E-state index in [1.807, 2.05) is 12.1 Å². The van der Waals surface area contributed by atoms with Crippen LogP contribution in [-0.2, 0) is 6.18 Å². The van der Waals surface area contributed by atoms with Gasteiger partial charge in [0.2, 0.25) is 0 Å². The summed E-state index contributed by atoms with van der Waals surface area (Å²) in [6, 6.07) is 11.0. The standard InChI is InChI=1S/C21H19F3N4O2/c1-30-16-10-4-13(5-11-16)18-19(17(27-28-18)12-2-3-12)26-20(29)25-15-8-6-14(7-9-15)21(22,23)24/h4-12H,2-3H2,1H3,(H,27,28)(H2,25,26,29). The molecule has 4 rings (SSSR count). The van der Waals surface area contributed by atoms with E-state index < -0.39 is 17.8 Å². The van der Waals surface area contributed by atoms with E-state index in [1.54, 1.807) is 19.2 Å². The molecule has 1 heterocycles. The van der Waals surface area contributed by atoms with Gasteiger partial charge in [-0.15, -0.1) is 0 Å². The van der Waals surface area contributed by atoms with Gasteiger partial charge in [0.05, 0.1) is 24.1 Å². The molecule has 1 aliphatic carbocycles. The minimum Gasteiger partial charge on any atom is -0.497 e. The fourth-order valence-electron chi connectivity index (χ4n) is 3.13. The number of aromatic nitrogens is 2. The van der Waals surface area contributed by atoms with Crippen LogP contribution in [0.25, 0.3) is 11.3 Å². The van der Waals surface area contributed by atoms with Crippen molar-refractivity contribution in [3.63, 3.8) is 0 Å². The first kappa shape index (κ1) is 19.8. The maximum atomic E-state index is 12.7. The third kappa shape index (κ3) is 4.24. The summed E-state index contributed by atoms with van der Waals surface area (Å²) < 4.78 is 43.3. The van der Waals surface area contributed by atoms with Crippen molar-refractivity contribution in [2.45, 2.75) is 24.9 Å². The van der Waals surface area contributed by atoms with Crippen LogP contribution in [0.4, 0.5) is 29.3 Å². The Morgan fingerprint density at radius 1 is 1.07 bits per heavy atom. The van der Waals surface area contributed by atoms with Crippen LogP contribution in [0, 0.1) is 0 Å². The predicted octanol–water partition coefficient (Wildman–Crippen LogP) is 5.63. The van der Waals surface area contributed by atoms with Gasteiger partial charge >= 0.3 is 12.2 Å². The molecule has 0 saturated heterocycles. The predicted molar refractivity (Wildman–Crippen MR) is 107 cm³/mol. The summed E-state index contributed by atoms with van der Waals surface area (Å²) in [5.41, 5.74) is 2.26. The number of amides is 2. The molecule has 0 atom stereocenters. The zero-order chi connectivity index (χ0) is 21.3. The highest BCUT2D eigenvalue weighted by molar-refractivity contribution is 6.02. The summed E-state index contributed by atoms with van der Waals surface area (Å²) in [4.78, 5) is 12.5. The van der Waals surface area contributed by atoms with E-state index in [0.717, 1.165) is 36.2 Å². The fourth-order valence-corrected chi connectivity index (χ4v) is 3.13. The summed E-state index contributed by atoms with van der Waals surface area (Å²) in [5.74, 6) is 0.997. The van der Waals surface area contributed by atoms with Crippen LogP contribution in [0.15, 0.2) is 48.5 Å². The van der Waals surface area contributed by atoms with Crippen LogP contribution in [-0.4, -0.2) is 23.3 Å². The molecule has 1 aromatic heterocycles. The third-order valence-electron chi connectivity index (χ3n) is 4.85. The number of halogens is 3. The summed E-state index contributed by atoms with van der Waals surface area (Å²) in [7, 11) is 1.58. The smallest absolute Gasteiger partial charge is 0.416 e. The van der Waals surface area contributed by atoms with E-state index in [9.17, 15) is 18.0 Å². The average Bonchev–Trinajstić information content (AvgIpc) is 3.48. The van der Waals surface area contributed by atoms with Crippen molar-refractivity contribution in [1.29, 1.82) is 0 Å². The van der Waals surface area contributed by atoms with Gasteiger partial charge in [0.15, 0.2) is 0 Å². The quantitative estimate of drug-likeness (QED) is 0.505. The van der Waals surface area contributed by atoms with Crippen LogP contribution in [0.5, 0.6) is 5.75 Å². The number of nitrogens with zero attached hydrogens (tertiary/aromatic N) is 1. The molecular formula is C21H19F3N4O2. The lowest BCUT2D eigenvalue weighted by atomic mass is 10.1. The summed E-state index contributed by atoms with van der Waals surface area (Å²) in [6.07, 6.45) is -2.43. The number of hydrogen-bond acceptors (Lipinski definition) is 3. The largest absolute Gasteiger partial charge is 0.497 e. The van der Waals surface area contributed by atoms with E-state index in [1.165, 1.54) is 12.1 Å². The molecule has 0 unspecified atom stereocenters. The molecule has 0 aliphatic heterocycles. The maximum absolute atomic E-state index is 12.7. The van der Waals surface area contributed by atoms with Crippen LogP contribution in [0.3, 0.4) is 0 Å². The van der Waals surface area contributed by atoms with E-state index in [4.69, 9.17) is 4.74 Å². The molecular weight excluding hydrogens is 397 g/mol. The second-order valence-corrected chi connectivity index (χ2v) is 7.02. The van der Waals surface area contributed by atoms with Gasteiger partial charge in [-0.05, 0) is 61.4 Å². The number of rotatable bonds is 5. The van der Waals surface area contributed by atoms with E-state index >= 15 is 0 Å². The zero-order valence-electron chi connectivity index (χ0n) is 16.0. The molecule has 3 N–H and O–H groups in total. The number of hydrogen-bond donors (Lipinski definition) is 3. The Labute approximate surface area is 170 Å². The van der Waals surface area contributed by atoms with Crippen molar-refractivity contribution in [3.05, 3.63) is 59.8 Å². The molecule has 1 saturated carbocycles. The molecule has 2 aromatic carbocycles. The number of urea groups is 1. The van der Waals surface area contributed by atoms with Gasteiger partial charge in [-0.3, -0.25) is 5.10 Å². The first-order valence-corrected chi connectivity index (χ1v) is 9.33. The molecule has 0 bridgehead atoms. The molecule has 1 aliphatic rings. The molecule has 1 fully saturated rings. The summed E-state index contributed by atoms with van der Waals surface area (Å²) in [5, 5.41) is 12.7. The van der Waals surface area contributed by atoms with E-state index in [-0.39, 0.29) is 5.69 Å². The molecule has 156 valence electrons. The normalized spacial score (nSPS) is 13.7. The van der Waals surface area contributed by atoms with E-state index in [0.29, 0.717) is 23.0 Å². The third-order valence-corrected chi connectivity index (χ3v) is 4.85. The number of alkyl halides is 3. The highest BCUT2D eigenvalue weighted by Gasteiger charge is 2.31. The summed E-state index contributed by atoms with van der Waals surface area (Å²) in [6.45, 7) is 0. The zero-order valence-corrected chi connectivity index (χ0v) is 16.0. The van der Waals surface area contributed by atoms with Crippen molar-refractivity contribution >= 4 is 17.4 Å². The Balaban J connectivity index is 1.54. The SMILES string of the molecule is COc1ccc(-c2n[nH]c(C3CC3)c2NC(=O)Nc2ccc(C(F)(F)F)cc2)cc1.